The van der Waals surface area contributed by atoms with Gasteiger partial charge in [-0.1, -0.05) is 26.7 Å². The molecule has 0 bridgehead atoms. The van der Waals surface area contributed by atoms with Crippen LogP contribution in [0.1, 0.15) is 59.8 Å². The van der Waals surface area contributed by atoms with Crippen LogP contribution in [0.5, 0.6) is 0 Å². The van der Waals surface area contributed by atoms with E-state index in [9.17, 15) is 4.79 Å². The Morgan fingerprint density at radius 1 is 1.29 bits per heavy atom. The number of carbonyl (C=O) groups is 1. The van der Waals surface area contributed by atoms with Gasteiger partial charge in [0.1, 0.15) is 0 Å². The summed E-state index contributed by atoms with van der Waals surface area (Å²) < 4.78 is 0. The third kappa shape index (κ3) is 4.66. The Balaban J connectivity index is 2.28. The van der Waals surface area contributed by atoms with Crippen LogP contribution < -0.4 is 10.6 Å². The lowest BCUT2D eigenvalue weighted by atomic mass is 9.88. The van der Waals surface area contributed by atoms with Gasteiger partial charge in [-0.3, -0.25) is 4.79 Å². The summed E-state index contributed by atoms with van der Waals surface area (Å²) in [5.41, 5.74) is 0.408. The molecule has 3 nitrogen and oxygen atoms in total. The number of rotatable bonds is 6. The minimum Gasteiger partial charge on any atom is -0.352 e. The molecule has 100 valence electrons. The lowest BCUT2D eigenvalue weighted by Gasteiger charge is -2.26. The van der Waals surface area contributed by atoms with Gasteiger partial charge in [-0.05, 0) is 38.5 Å². The van der Waals surface area contributed by atoms with Crippen LogP contribution in [0.4, 0.5) is 0 Å². The molecule has 0 aromatic rings. The molecule has 0 aromatic heterocycles. The average molecular weight is 240 g/mol. The van der Waals surface area contributed by atoms with Crippen LogP contribution in [0, 0.1) is 5.41 Å². The van der Waals surface area contributed by atoms with Crippen LogP contribution in [0.2, 0.25) is 0 Å². The minimum absolute atomic E-state index is 0.0820. The molecule has 1 fully saturated rings. The molecule has 1 aliphatic rings. The van der Waals surface area contributed by atoms with Crippen LogP contribution in [0.3, 0.4) is 0 Å². The third-order valence-electron chi connectivity index (χ3n) is 4.04. The monoisotopic (exact) mass is 240 g/mol. The molecule has 0 heterocycles. The van der Waals surface area contributed by atoms with E-state index in [0.717, 1.165) is 13.0 Å². The highest BCUT2D eigenvalue weighted by atomic mass is 16.2. The van der Waals surface area contributed by atoms with E-state index in [-0.39, 0.29) is 18.0 Å². The van der Waals surface area contributed by atoms with E-state index in [1.54, 1.807) is 0 Å². The molecule has 1 rings (SSSR count). The lowest BCUT2D eigenvalue weighted by molar-refractivity contribution is -0.123. The largest absolute Gasteiger partial charge is 0.352 e. The summed E-state index contributed by atoms with van der Waals surface area (Å²) in [5, 5.41) is 6.40. The van der Waals surface area contributed by atoms with Gasteiger partial charge in [0.2, 0.25) is 5.91 Å². The molecular formula is C14H28N2O. The molecule has 1 aliphatic carbocycles. The van der Waals surface area contributed by atoms with Gasteiger partial charge >= 0.3 is 0 Å². The first-order valence-electron chi connectivity index (χ1n) is 7.00. The fraction of sp³-hybridized carbons (Fsp3) is 0.929. The number of amides is 1. The summed E-state index contributed by atoms with van der Waals surface area (Å²) in [5.74, 6) is 0.126. The fourth-order valence-corrected chi connectivity index (χ4v) is 2.37. The Kier molecular flexibility index (Phi) is 5.44. The zero-order valence-electron chi connectivity index (χ0n) is 11.8. The quantitative estimate of drug-likeness (QED) is 0.749. The summed E-state index contributed by atoms with van der Waals surface area (Å²) in [4.78, 5) is 11.8. The number of carbonyl (C=O) groups excluding carboxylic acids is 1. The second-order valence-corrected chi connectivity index (χ2v) is 5.94. The maximum Gasteiger partial charge on any atom is 0.237 e. The summed E-state index contributed by atoms with van der Waals surface area (Å²) in [6.45, 7) is 9.37. The van der Waals surface area contributed by atoms with Gasteiger partial charge in [0.25, 0.3) is 0 Å². The maximum atomic E-state index is 11.8. The van der Waals surface area contributed by atoms with Crippen molar-refractivity contribution < 1.29 is 4.79 Å². The average Bonchev–Trinajstić information content (AvgIpc) is 2.73. The Morgan fingerprint density at radius 3 is 2.41 bits per heavy atom. The maximum absolute atomic E-state index is 11.8. The molecule has 0 saturated heterocycles. The van der Waals surface area contributed by atoms with Crippen molar-refractivity contribution in [3.05, 3.63) is 0 Å². The smallest absolute Gasteiger partial charge is 0.237 e. The first-order chi connectivity index (χ1) is 7.97. The summed E-state index contributed by atoms with van der Waals surface area (Å²) in [6, 6.07) is 0.190. The standard InChI is InChI=1S/C14H28N2O/c1-5-11(2)16-13(17)12(3)15-10-14(4)8-6-7-9-14/h11-12,15H,5-10H2,1-4H3,(H,16,17). The molecule has 1 amide bonds. The fourth-order valence-electron chi connectivity index (χ4n) is 2.37. The van der Waals surface area contributed by atoms with Crippen molar-refractivity contribution in [1.82, 2.24) is 10.6 Å². The van der Waals surface area contributed by atoms with Crippen LogP contribution in [0.25, 0.3) is 0 Å². The second-order valence-electron chi connectivity index (χ2n) is 5.94. The van der Waals surface area contributed by atoms with E-state index in [1.165, 1.54) is 25.7 Å². The molecule has 2 unspecified atom stereocenters. The molecule has 17 heavy (non-hydrogen) atoms. The van der Waals surface area contributed by atoms with Crippen molar-refractivity contribution >= 4 is 5.91 Å². The van der Waals surface area contributed by atoms with E-state index in [0.29, 0.717) is 5.41 Å². The molecule has 0 aromatic carbocycles. The van der Waals surface area contributed by atoms with Gasteiger partial charge in [0.15, 0.2) is 0 Å². The van der Waals surface area contributed by atoms with Crippen LogP contribution in [-0.2, 0) is 4.79 Å². The van der Waals surface area contributed by atoms with Gasteiger partial charge in [0, 0.05) is 12.6 Å². The second kappa shape index (κ2) is 6.39. The zero-order valence-corrected chi connectivity index (χ0v) is 11.8. The molecule has 2 atom stereocenters. The first kappa shape index (κ1) is 14.5. The molecular weight excluding hydrogens is 212 g/mol. The van der Waals surface area contributed by atoms with Gasteiger partial charge in [-0.15, -0.1) is 0 Å². The summed E-state index contributed by atoms with van der Waals surface area (Å²) in [7, 11) is 0. The van der Waals surface area contributed by atoms with E-state index in [4.69, 9.17) is 0 Å². The van der Waals surface area contributed by atoms with Gasteiger partial charge in [0.05, 0.1) is 6.04 Å². The number of nitrogens with one attached hydrogen (secondary N) is 2. The topological polar surface area (TPSA) is 41.1 Å². The highest BCUT2D eigenvalue weighted by Crippen LogP contribution is 2.36. The predicted molar refractivity (Wildman–Crippen MR) is 71.9 cm³/mol. The molecule has 0 aliphatic heterocycles. The van der Waals surface area contributed by atoms with E-state index >= 15 is 0 Å². The normalized spacial score (nSPS) is 22.1. The van der Waals surface area contributed by atoms with E-state index in [2.05, 4.69) is 24.5 Å². The SMILES string of the molecule is CCC(C)NC(=O)C(C)NCC1(C)CCCC1. The Bertz CT molecular complexity index is 247. The van der Waals surface area contributed by atoms with Crippen molar-refractivity contribution in [2.45, 2.75) is 71.9 Å². The van der Waals surface area contributed by atoms with Crippen molar-refractivity contribution in [2.75, 3.05) is 6.54 Å². The number of hydrogen-bond acceptors (Lipinski definition) is 2. The van der Waals surface area contributed by atoms with Crippen molar-refractivity contribution in [3.63, 3.8) is 0 Å². The van der Waals surface area contributed by atoms with Crippen molar-refractivity contribution in [2.24, 2.45) is 5.41 Å². The summed E-state index contributed by atoms with van der Waals surface area (Å²) in [6.07, 6.45) is 6.24. The first-order valence-corrected chi connectivity index (χ1v) is 7.00. The van der Waals surface area contributed by atoms with Gasteiger partial charge < -0.3 is 10.6 Å². The molecule has 0 radical (unpaired) electrons. The Hall–Kier alpha value is -0.570. The Morgan fingerprint density at radius 2 is 1.88 bits per heavy atom. The molecule has 1 saturated carbocycles. The van der Waals surface area contributed by atoms with Crippen LogP contribution in [0.15, 0.2) is 0 Å². The number of hydrogen-bond donors (Lipinski definition) is 2. The Labute approximate surface area is 106 Å². The predicted octanol–water partition coefficient (Wildman–Crippen LogP) is 2.46. The van der Waals surface area contributed by atoms with Gasteiger partial charge in [-0.2, -0.15) is 0 Å². The minimum atomic E-state index is -0.0820. The highest BCUT2D eigenvalue weighted by Gasteiger charge is 2.29. The van der Waals surface area contributed by atoms with Gasteiger partial charge in [-0.25, -0.2) is 0 Å². The van der Waals surface area contributed by atoms with E-state index in [1.807, 2.05) is 13.8 Å². The van der Waals surface area contributed by atoms with Crippen LogP contribution >= 0.6 is 0 Å². The van der Waals surface area contributed by atoms with Crippen LogP contribution in [-0.4, -0.2) is 24.5 Å². The van der Waals surface area contributed by atoms with Crippen molar-refractivity contribution in [3.8, 4) is 0 Å². The molecule has 0 spiro atoms. The highest BCUT2D eigenvalue weighted by molar-refractivity contribution is 5.81. The molecule has 2 N–H and O–H groups in total. The molecule has 3 heteroatoms. The third-order valence-corrected chi connectivity index (χ3v) is 4.04. The summed E-state index contributed by atoms with van der Waals surface area (Å²) >= 11 is 0. The zero-order chi connectivity index (χ0) is 12.9. The van der Waals surface area contributed by atoms with Crippen molar-refractivity contribution in [1.29, 1.82) is 0 Å². The van der Waals surface area contributed by atoms with E-state index < -0.39 is 0 Å². The lowest BCUT2D eigenvalue weighted by Crippen LogP contribution is -2.47.